The lowest BCUT2D eigenvalue weighted by atomic mass is 9.75. The van der Waals surface area contributed by atoms with E-state index in [0.29, 0.717) is 25.0 Å². The molecule has 26 heavy (non-hydrogen) atoms. The molecule has 7 nitrogen and oxygen atoms in total. The molecule has 0 spiro atoms. The van der Waals surface area contributed by atoms with E-state index in [1.54, 1.807) is 0 Å². The molecule has 1 amide bonds. The van der Waals surface area contributed by atoms with E-state index in [1.165, 1.54) is 0 Å². The molecule has 2 bridgehead atoms. The van der Waals surface area contributed by atoms with Gasteiger partial charge in [-0.15, -0.1) is 4.83 Å². The number of sulfonamides is 1. The number of hydrogen-bond acceptors (Lipinski definition) is 5. The van der Waals surface area contributed by atoms with Gasteiger partial charge in [0.25, 0.3) is 15.9 Å². The van der Waals surface area contributed by atoms with Crippen LogP contribution in [0.4, 0.5) is 13.2 Å². The van der Waals surface area contributed by atoms with Crippen molar-refractivity contribution >= 4 is 15.9 Å². The molecule has 3 N–H and O–H groups in total. The largest absolute Gasteiger partial charge is 0.416 e. The summed E-state index contributed by atoms with van der Waals surface area (Å²) in [6.45, 7) is 1.67. The minimum atomic E-state index is -4.58. The van der Waals surface area contributed by atoms with Gasteiger partial charge < -0.3 is 5.11 Å². The normalized spacial score (nSPS) is 28.8. The number of nitrogens with one attached hydrogen (secondary N) is 2. The van der Waals surface area contributed by atoms with E-state index in [9.17, 15) is 31.5 Å². The molecule has 0 unspecified atom stereocenters. The van der Waals surface area contributed by atoms with Gasteiger partial charge in [0.2, 0.25) is 0 Å². The van der Waals surface area contributed by atoms with Crippen molar-refractivity contribution in [3.63, 3.8) is 0 Å². The molecule has 3 fully saturated rings. The van der Waals surface area contributed by atoms with Crippen LogP contribution in [-0.4, -0.2) is 49.6 Å². The number of carbonyl (C=O) groups is 1. The van der Waals surface area contributed by atoms with E-state index < -0.39 is 38.2 Å². The molecule has 3 aliphatic rings. The van der Waals surface area contributed by atoms with Gasteiger partial charge >= 0.3 is 6.18 Å². The second-order valence-corrected chi connectivity index (χ2v) is 8.24. The van der Waals surface area contributed by atoms with Crippen molar-refractivity contribution in [1.29, 1.82) is 0 Å². The van der Waals surface area contributed by atoms with Crippen LogP contribution in [0.1, 0.15) is 18.4 Å². The lowest BCUT2D eigenvalue weighted by molar-refractivity contribution is -0.162. The second-order valence-electron chi connectivity index (χ2n) is 6.56. The van der Waals surface area contributed by atoms with Gasteiger partial charge in [-0.1, -0.05) is 0 Å². The molecule has 4 rings (SSSR count). The van der Waals surface area contributed by atoms with E-state index in [-0.39, 0.29) is 12.5 Å². The van der Waals surface area contributed by atoms with Gasteiger partial charge in [-0.05, 0) is 50.2 Å². The highest BCUT2D eigenvalue weighted by Crippen LogP contribution is 2.35. The summed E-state index contributed by atoms with van der Waals surface area (Å²) in [5.74, 6) is -1.13. The number of nitrogens with zero attached hydrogens (tertiary/aromatic N) is 1. The number of aliphatic hydroxyl groups is 1. The molecule has 3 aliphatic heterocycles. The van der Waals surface area contributed by atoms with E-state index >= 15 is 0 Å². The summed E-state index contributed by atoms with van der Waals surface area (Å²) < 4.78 is 61.9. The first-order valence-electron chi connectivity index (χ1n) is 7.97. The van der Waals surface area contributed by atoms with Crippen LogP contribution < -0.4 is 10.3 Å². The van der Waals surface area contributed by atoms with Crippen molar-refractivity contribution in [1.82, 2.24) is 15.2 Å². The molecule has 1 aromatic carbocycles. The fraction of sp³-hybridized carbons (Fsp3) is 0.533. The SMILES string of the molecule is O=C(NNS(=O)(=O)c1ccc(C(F)(F)F)cc1)[C@@]1(O)CN2CCC1CC2. The predicted molar refractivity (Wildman–Crippen MR) is 84.0 cm³/mol. The van der Waals surface area contributed by atoms with Crippen LogP contribution in [0.25, 0.3) is 0 Å². The average molecular weight is 393 g/mol. The Kier molecular flexibility index (Phi) is 4.76. The number of rotatable bonds is 4. The molecule has 1 atom stereocenters. The summed E-state index contributed by atoms with van der Waals surface area (Å²) in [6, 6.07) is 2.86. The number of amides is 1. The molecule has 0 radical (unpaired) electrons. The number of carbonyl (C=O) groups excluding carboxylic acids is 1. The summed E-state index contributed by atoms with van der Waals surface area (Å²) in [4.78, 5) is 15.6. The maximum atomic E-state index is 12.5. The van der Waals surface area contributed by atoms with Crippen molar-refractivity contribution in [2.45, 2.75) is 29.5 Å². The first-order valence-corrected chi connectivity index (χ1v) is 9.45. The lowest BCUT2D eigenvalue weighted by Crippen LogP contribution is -2.67. The number of hydrazine groups is 1. The van der Waals surface area contributed by atoms with Crippen LogP contribution in [0.5, 0.6) is 0 Å². The van der Waals surface area contributed by atoms with Crippen LogP contribution in [0.3, 0.4) is 0 Å². The Morgan fingerprint density at radius 2 is 1.77 bits per heavy atom. The first-order chi connectivity index (χ1) is 12.0. The molecule has 144 valence electrons. The molecule has 0 aliphatic carbocycles. The molecule has 3 heterocycles. The third kappa shape index (κ3) is 3.56. The van der Waals surface area contributed by atoms with E-state index in [2.05, 4.69) is 0 Å². The lowest BCUT2D eigenvalue weighted by Gasteiger charge is -2.48. The third-order valence-corrected chi connectivity index (χ3v) is 6.18. The highest BCUT2D eigenvalue weighted by molar-refractivity contribution is 7.89. The van der Waals surface area contributed by atoms with Crippen LogP contribution in [0.15, 0.2) is 29.2 Å². The molecule has 3 saturated heterocycles. The quantitative estimate of drug-likeness (QED) is 0.646. The number of piperidine rings is 3. The van der Waals surface area contributed by atoms with Gasteiger partial charge in [-0.2, -0.15) is 13.2 Å². The Balaban J connectivity index is 1.67. The number of alkyl halides is 3. The van der Waals surface area contributed by atoms with Gasteiger partial charge in [-0.25, -0.2) is 8.42 Å². The molecule has 11 heteroatoms. The average Bonchev–Trinajstić information content (AvgIpc) is 2.60. The van der Waals surface area contributed by atoms with Crippen molar-refractivity contribution in [2.24, 2.45) is 5.92 Å². The molecule has 0 saturated carbocycles. The van der Waals surface area contributed by atoms with Gasteiger partial charge in [0, 0.05) is 12.5 Å². The highest BCUT2D eigenvalue weighted by Gasteiger charge is 2.50. The molecular weight excluding hydrogens is 375 g/mol. The fourth-order valence-corrected chi connectivity index (χ4v) is 4.24. The smallest absolute Gasteiger partial charge is 0.378 e. The number of benzene rings is 1. The van der Waals surface area contributed by atoms with Crippen molar-refractivity contribution in [3.05, 3.63) is 29.8 Å². The summed E-state index contributed by atoms with van der Waals surface area (Å²) >= 11 is 0. The van der Waals surface area contributed by atoms with Crippen molar-refractivity contribution in [3.8, 4) is 0 Å². The molecule has 1 aromatic rings. The second kappa shape index (κ2) is 6.48. The van der Waals surface area contributed by atoms with Crippen LogP contribution in [0.2, 0.25) is 0 Å². The van der Waals surface area contributed by atoms with Crippen LogP contribution in [0, 0.1) is 5.92 Å². The standard InChI is InChI=1S/C15H18F3N3O4S/c16-15(17,18)11-1-3-12(4-2-11)26(24,25)20-19-13(22)14(23)9-21-7-5-10(14)6-8-21/h1-4,10,20,23H,5-9H2,(H,19,22)/t14-/m1/s1. The number of fused-ring (bicyclic) bond motifs is 3. The first kappa shape index (κ1) is 19.1. The Morgan fingerprint density at radius 1 is 1.19 bits per heavy atom. The molecular formula is C15H18F3N3O4S. The summed E-state index contributed by atoms with van der Waals surface area (Å²) in [5.41, 5.74) is -0.694. The third-order valence-electron chi connectivity index (χ3n) is 4.91. The van der Waals surface area contributed by atoms with Crippen molar-refractivity contribution in [2.75, 3.05) is 19.6 Å². The van der Waals surface area contributed by atoms with Gasteiger partial charge in [0.1, 0.15) is 0 Å². The predicted octanol–water partition coefficient (Wildman–Crippen LogP) is 0.472. The van der Waals surface area contributed by atoms with Gasteiger partial charge in [-0.3, -0.25) is 15.1 Å². The highest BCUT2D eigenvalue weighted by atomic mass is 32.2. The van der Waals surface area contributed by atoms with Crippen molar-refractivity contribution < 1.29 is 31.5 Å². The fourth-order valence-electron chi connectivity index (χ4n) is 3.40. The van der Waals surface area contributed by atoms with E-state index in [1.807, 2.05) is 15.2 Å². The molecule has 0 aromatic heterocycles. The number of halogens is 3. The maximum Gasteiger partial charge on any atom is 0.416 e. The van der Waals surface area contributed by atoms with E-state index in [0.717, 1.165) is 25.2 Å². The van der Waals surface area contributed by atoms with Crippen LogP contribution in [-0.2, 0) is 21.0 Å². The van der Waals surface area contributed by atoms with Gasteiger partial charge in [0.05, 0.1) is 10.5 Å². The monoisotopic (exact) mass is 393 g/mol. The minimum Gasteiger partial charge on any atom is -0.378 e. The van der Waals surface area contributed by atoms with E-state index in [4.69, 9.17) is 0 Å². The zero-order chi connectivity index (χ0) is 19.2. The summed E-state index contributed by atoms with van der Waals surface area (Å²) in [6.07, 6.45) is -3.31. The zero-order valence-corrected chi connectivity index (χ0v) is 14.4. The van der Waals surface area contributed by atoms with Gasteiger partial charge in [0.15, 0.2) is 5.60 Å². The maximum absolute atomic E-state index is 12.5. The number of hydrogen-bond donors (Lipinski definition) is 3. The Bertz CT molecular complexity index is 789. The Hall–Kier alpha value is -1.69. The zero-order valence-electron chi connectivity index (χ0n) is 13.6. The van der Waals surface area contributed by atoms with Crippen LogP contribution >= 0.6 is 0 Å². The Labute approximate surface area is 148 Å². The topological polar surface area (TPSA) is 98.7 Å². The summed E-state index contributed by atoms with van der Waals surface area (Å²) in [7, 11) is -4.27. The Morgan fingerprint density at radius 3 is 2.23 bits per heavy atom. The summed E-state index contributed by atoms with van der Waals surface area (Å²) in [5, 5.41) is 10.6. The minimum absolute atomic E-state index is 0.117.